The Hall–Kier alpha value is -6.82. The van der Waals surface area contributed by atoms with Crippen LogP contribution in [0.15, 0.2) is 73.1 Å². The van der Waals surface area contributed by atoms with Gasteiger partial charge in [0.05, 0.1) is 11.7 Å². The number of nitrogens with zero attached hydrogens (tertiary/aromatic N) is 7. The smallest absolute Gasteiger partial charge is 0.407 e. The topological polar surface area (TPSA) is 253 Å². The van der Waals surface area contributed by atoms with E-state index in [4.69, 9.17) is 20.4 Å². The largest absolute Gasteiger partial charge is 0.483 e. The van der Waals surface area contributed by atoms with Gasteiger partial charge in [0.15, 0.2) is 11.6 Å². The third kappa shape index (κ3) is 11.9. The number of tetrazole rings is 1. The van der Waals surface area contributed by atoms with Crippen molar-refractivity contribution in [3.63, 3.8) is 0 Å². The Kier molecular flexibility index (Phi) is 14.4. The van der Waals surface area contributed by atoms with E-state index in [-0.39, 0.29) is 36.3 Å². The monoisotopic (exact) mass is 807 g/mol. The molecule has 1 fully saturated rings. The number of rotatable bonds is 11. The van der Waals surface area contributed by atoms with Crippen LogP contribution in [0.2, 0.25) is 0 Å². The van der Waals surface area contributed by atoms with E-state index in [2.05, 4.69) is 41.3 Å². The first-order chi connectivity index (χ1) is 28.1. The van der Waals surface area contributed by atoms with Gasteiger partial charge in [0, 0.05) is 49.1 Å². The highest BCUT2D eigenvalue weighted by molar-refractivity contribution is 6.17. The molecule has 1 aliphatic carbocycles. The van der Waals surface area contributed by atoms with E-state index in [0.717, 1.165) is 22.3 Å². The molecule has 0 saturated heterocycles. The molecule has 6 rings (SSSR count). The Morgan fingerprint density at radius 3 is 2.27 bits per heavy atom. The number of nitrogens with two attached hydrogens (primary N) is 1. The number of pyridine rings is 1. The van der Waals surface area contributed by atoms with Gasteiger partial charge in [0.25, 0.3) is 18.3 Å². The molecular weight excluding hydrogens is 759 g/mol. The minimum absolute atomic E-state index is 0.185. The highest BCUT2D eigenvalue weighted by Gasteiger charge is 2.35. The van der Waals surface area contributed by atoms with Crippen LogP contribution in [-0.4, -0.2) is 89.0 Å². The molecule has 4 amide bonds. The standard InChI is InChI=1S/C40H47N11O5.CH2O2/c1-24-20-33(36(52)44-34-18-19-50(5)47-34)42-23-31(24)27-10-6-25(7-11-27)21-32(41)38(54)51(30-16-14-28(15-17-30)35-45-48-49-46-35)37(53)29-12-8-26(9-13-29)22-43-39(55)56-40(2,3)4;2-1-3/h6-7,10-11,14-20,23,26,29,32H,8-9,12-13,21-22,41H2,1-5H3,(H,43,55)(H,44,47,52)(H,45,46,48,49);1H,(H,2,3)/t26-,29-,32-;/m0./s1. The molecule has 0 spiro atoms. The number of H-pyrrole nitrogens is 1. The van der Waals surface area contributed by atoms with E-state index in [0.29, 0.717) is 55.1 Å². The number of hydrogen-bond donors (Lipinski definition) is 5. The van der Waals surface area contributed by atoms with Crippen LogP contribution in [0.25, 0.3) is 22.5 Å². The maximum Gasteiger partial charge on any atom is 0.407 e. The maximum atomic E-state index is 14.2. The van der Waals surface area contributed by atoms with Gasteiger partial charge in [-0.15, -0.1) is 5.10 Å². The molecule has 1 atom stereocenters. The van der Waals surface area contributed by atoms with Gasteiger partial charge in [-0.25, -0.2) is 14.8 Å². The van der Waals surface area contributed by atoms with Gasteiger partial charge in [0.1, 0.15) is 11.3 Å². The molecule has 1 aliphatic rings. The van der Waals surface area contributed by atoms with Crippen LogP contribution < -0.4 is 21.3 Å². The Morgan fingerprint density at radius 2 is 1.69 bits per heavy atom. The van der Waals surface area contributed by atoms with Crippen molar-refractivity contribution < 1.29 is 33.8 Å². The third-order valence-electron chi connectivity index (χ3n) is 9.65. The van der Waals surface area contributed by atoms with Crippen LogP contribution in [-0.2, 0) is 32.6 Å². The lowest BCUT2D eigenvalue weighted by Crippen LogP contribution is -2.50. The normalized spacial score (nSPS) is 15.5. The molecule has 2 aromatic carbocycles. The molecule has 5 aromatic rings. The maximum absolute atomic E-state index is 14.2. The summed E-state index contributed by atoms with van der Waals surface area (Å²) in [5, 5.41) is 30.6. The molecular formula is C41H49N11O7. The summed E-state index contributed by atoms with van der Waals surface area (Å²) in [5.74, 6) is -0.505. The Labute approximate surface area is 340 Å². The molecule has 3 heterocycles. The van der Waals surface area contributed by atoms with Crippen molar-refractivity contribution in [2.24, 2.45) is 24.6 Å². The van der Waals surface area contributed by atoms with Gasteiger partial charge >= 0.3 is 6.09 Å². The van der Waals surface area contributed by atoms with E-state index in [9.17, 15) is 19.2 Å². The van der Waals surface area contributed by atoms with Crippen molar-refractivity contribution in [1.29, 1.82) is 0 Å². The number of carboxylic acid groups (broad SMARTS) is 1. The molecule has 1 saturated carbocycles. The molecule has 6 N–H and O–H groups in total. The average molecular weight is 808 g/mol. The highest BCUT2D eigenvalue weighted by atomic mass is 16.6. The average Bonchev–Trinajstić information content (AvgIpc) is 3.90. The van der Waals surface area contributed by atoms with Crippen molar-refractivity contribution in [3.8, 4) is 22.5 Å². The summed E-state index contributed by atoms with van der Waals surface area (Å²) in [4.78, 5) is 67.3. The number of hydrogen-bond acceptors (Lipinski definition) is 12. The number of aryl methyl sites for hydroxylation is 2. The van der Waals surface area contributed by atoms with Crippen molar-refractivity contribution in [2.75, 3.05) is 16.8 Å². The summed E-state index contributed by atoms with van der Waals surface area (Å²) in [7, 11) is 1.77. The number of imide groups is 1. The second-order valence-electron chi connectivity index (χ2n) is 15.2. The Balaban J connectivity index is 0.00000214. The predicted octanol–water partition coefficient (Wildman–Crippen LogP) is 4.68. The lowest BCUT2D eigenvalue weighted by Gasteiger charge is -2.32. The van der Waals surface area contributed by atoms with Gasteiger partial charge in [-0.05, 0) is 123 Å². The number of nitrogens with one attached hydrogen (secondary N) is 3. The zero-order valence-electron chi connectivity index (χ0n) is 33.6. The van der Waals surface area contributed by atoms with Gasteiger partial charge in [0.2, 0.25) is 5.91 Å². The van der Waals surface area contributed by atoms with Gasteiger partial charge in [-0.2, -0.15) is 5.10 Å². The van der Waals surface area contributed by atoms with E-state index < -0.39 is 29.6 Å². The second-order valence-corrected chi connectivity index (χ2v) is 15.2. The third-order valence-corrected chi connectivity index (χ3v) is 9.65. The van der Waals surface area contributed by atoms with Gasteiger partial charge in [-0.3, -0.25) is 28.8 Å². The quantitative estimate of drug-likeness (QED) is 0.114. The van der Waals surface area contributed by atoms with E-state index in [1.54, 1.807) is 60.5 Å². The van der Waals surface area contributed by atoms with E-state index in [1.807, 2.05) is 52.0 Å². The molecule has 3 aromatic heterocycles. The summed E-state index contributed by atoms with van der Waals surface area (Å²) in [6.45, 7) is 7.55. The van der Waals surface area contributed by atoms with E-state index in [1.165, 1.54) is 4.90 Å². The van der Waals surface area contributed by atoms with E-state index >= 15 is 0 Å². The Bertz CT molecular complexity index is 2210. The number of amides is 4. The first kappa shape index (κ1) is 43.3. The first-order valence-corrected chi connectivity index (χ1v) is 19.0. The van der Waals surface area contributed by atoms with Crippen LogP contribution in [0, 0.1) is 18.8 Å². The number of alkyl carbamates (subject to hydrolysis) is 1. The molecule has 59 heavy (non-hydrogen) atoms. The number of benzene rings is 2. The zero-order valence-corrected chi connectivity index (χ0v) is 33.6. The van der Waals surface area contributed by atoms with Crippen molar-refractivity contribution >= 4 is 41.8 Å². The minimum Gasteiger partial charge on any atom is -0.483 e. The lowest BCUT2D eigenvalue weighted by molar-refractivity contribution is -0.130. The number of anilines is 2. The van der Waals surface area contributed by atoms with Crippen molar-refractivity contribution in [2.45, 2.75) is 71.4 Å². The number of aromatic amines is 1. The fraction of sp³-hybridized carbons (Fsp3) is 0.366. The minimum atomic E-state index is -1.02. The van der Waals surface area contributed by atoms with Crippen LogP contribution in [0.1, 0.15) is 68.1 Å². The van der Waals surface area contributed by atoms with Crippen LogP contribution >= 0.6 is 0 Å². The molecule has 0 radical (unpaired) electrons. The summed E-state index contributed by atoms with van der Waals surface area (Å²) >= 11 is 0. The first-order valence-electron chi connectivity index (χ1n) is 19.0. The SMILES string of the molecule is Cc1cc(C(=O)Nc2ccn(C)n2)ncc1-c1ccc(C[C@H](N)C(=O)N(c2ccc(-c3nnn[nH]3)cc2)C(=O)[C@H]2CC[C@H](CNC(=O)OC(C)(C)C)CC2)cc1.O=CO. The Morgan fingerprint density at radius 1 is 1.03 bits per heavy atom. The molecule has 0 bridgehead atoms. The van der Waals surface area contributed by atoms with Gasteiger partial charge < -0.3 is 26.2 Å². The fourth-order valence-corrected chi connectivity index (χ4v) is 6.72. The zero-order chi connectivity index (χ0) is 42.7. The molecule has 0 unspecified atom stereocenters. The van der Waals surface area contributed by atoms with Crippen LogP contribution in [0.3, 0.4) is 0 Å². The number of carbonyl (C=O) groups is 5. The number of aromatic nitrogens is 7. The predicted molar refractivity (Wildman–Crippen MR) is 218 cm³/mol. The lowest BCUT2D eigenvalue weighted by atomic mass is 9.81. The fourth-order valence-electron chi connectivity index (χ4n) is 6.72. The van der Waals surface area contributed by atoms with Gasteiger partial charge in [-0.1, -0.05) is 24.3 Å². The molecule has 18 heteroatoms. The van der Waals surface area contributed by atoms with Crippen LogP contribution in [0.5, 0.6) is 0 Å². The number of ether oxygens (including phenoxy) is 1. The summed E-state index contributed by atoms with van der Waals surface area (Å²) in [5.41, 5.74) is 10.8. The summed E-state index contributed by atoms with van der Waals surface area (Å²) in [6, 6.07) is 16.9. The molecule has 0 aliphatic heterocycles. The molecule has 18 nitrogen and oxygen atoms in total. The van der Waals surface area contributed by atoms with Crippen molar-refractivity contribution in [3.05, 3.63) is 89.9 Å². The number of carbonyl (C=O) groups excluding carboxylic acids is 4. The van der Waals surface area contributed by atoms with Crippen molar-refractivity contribution in [1.82, 2.24) is 40.7 Å². The summed E-state index contributed by atoms with van der Waals surface area (Å²) < 4.78 is 6.96. The molecule has 310 valence electrons. The second kappa shape index (κ2) is 19.6. The highest BCUT2D eigenvalue weighted by Crippen LogP contribution is 2.32. The van der Waals surface area contributed by atoms with Crippen LogP contribution in [0.4, 0.5) is 16.3 Å². The summed E-state index contributed by atoms with van der Waals surface area (Å²) in [6.07, 6.45) is 5.66.